The van der Waals surface area contributed by atoms with Gasteiger partial charge in [0.1, 0.15) is 23.2 Å². The topological polar surface area (TPSA) is 84.8 Å². The number of hydrogen-bond donors (Lipinski definition) is 1. The zero-order chi connectivity index (χ0) is 12.3. The van der Waals surface area contributed by atoms with Crippen molar-refractivity contribution in [1.29, 1.82) is 5.26 Å². The fourth-order valence-electron chi connectivity index (χ4n) is 1.38. The van der Waals surface area contributed by atoms with Gasteiger partial charge in [-0.3, -0.25) is 0 Å². The summed E-state index contributed by atoms with van der Waals surface area (Å²) < 4.78 is 5.11. The number of ether oxygens (including phenoxy) is 1. The van der Waals surface area contributed by atoms with Gasteiger partial charge in [0, 0.05) is 5.56 Å². The fourth-order valence-corrected chi connectivity index (χ4v) is 1.38. The first-order chi connectivity index (χ1) is 8.24. The van der Waals surface area contributed by atoms with E-state index in [1.807, 2.05) is 24.3 Å². The Labute approximate surface area is 98.5 Å². The van der Waals surface area contributed by atoms with E-state index < -0.39 is 0 Å². The van der Waals surface area contributed by atoms with Crippen LogP contribution in [0.4, 0.5) is 5.82 Å². The summed E-state index contributed by atoms with van der Waals surface area (Å²) in [5, 5.41) is 8.73. The molecule has 0 atom stereocenters. The Kier molecular flexibility index (Phi) is 2.88. The van der Waals surface area contributed by atoms with E-state index in [0.29, 0.717) is 11.6 Å². The van der Waals surface area contributed by atoms with Crippen LogP contribution in [0.2, 0.25) is 0 Å². The minimum absolute atomic E-state index is 0.181. The number of benzene rings is 1. The Morgan fingerprint density at radius 2 is 2.24 bits per heavy atom. The molecule has 84 valence electrons. The Bertz CT molecular complexity index is 589. The number of rotatable bonds is 2. The zero-order valence-electron chi connectivity index (χ0n) is 9.21. The average molecular weight is 226 g/mol. The van der Waals surface area contributed by atoms with E-state index in [2.05, 4.69) is 9.97 Å². The van der Waals surface area contributed by atoms with Crippen molar-refractivity contribution in [1.82, 2.24) is 9.97 Å². The first-order valence-electron chi connectivity index (χ1n) is 4.91. The molecule has 5 nitrogen and oxygen atoms in total. The minimum Gasteiger partial charge on any atom is -0.497 e. The molecule has 1 aromatic carbocycles. The third-order valence-corrected chi connectivity index (χ3v) is 2.27. The van der Waals surface area contributed by atoms with E-state index in [9.17, 15) is 0 Å². The summed E-state index contributed by atoms with van der Waals surface area (Å²) in [6, 6.07) is 9.25. The van der Waals surface area contributed by atoms with Crippen LogP contribution in [-0.2, 0) is 0 Å². The summed E-state index contributed by atoms with van der Waals surface area (Å²) in [5.74, 6) is 1.37. The summed E-state index contributed by atoms with van der Waals surface area (Å²) >= 11 is 0. The molecule has 0 amide bonds. The lowest BCUT2D eigenvalue weighted by Crippen LogP contribution is -1.99. The quantitative estimate of drug-likeness (QED) is 0.840. The molecule has 0 spiro atoms. The van der Waals surface area contributed by atoms with Crippen molar-refractivity contribution in [2.45, 2.75) is 0 Å². The number of nitriles is 1. The van der Waals surface area contributed by atoms with E-state index in [0.717, 1.165) is 5.56 Å². The van der Waals surface area contributed by atoms with Crippen molar-refractivity contribution in [3.05, 3.63) is 36.0 Å². The van der Waals surface area contributed by atoms with Gasteiger partial charge in [0.2, 0.25) is 0 Å². The number of methoxy groups -OCH3 is 1. The normalized spacial score (nSPS) is 9.65. The van der Waals surface area contributed by atoms with Gasteiger partial charge in [-0.1, -0.05) is 12.1 Å². The first kappa shape index (κ1) is 10.9. The molecule has 2 aromatic rings. The van der Waals surface area contributed by atoms with Gasteiger partial charge in [-0.2, -0.15) is 5.26 Å². The average Bonchev–Trinajstić information content (AvgIpc) is 2.38. The van der Waals surface area contributed by atoms with E-state index in [-0.39, 0.29) is 11.4 Å². The molecule has 1 heterocycles. The highest BCUT2D eigenvalue weighted by atomic mass is 16.5. The van der Waals surface area contributed by atoms with Crippen LogP contribution in [0, 0.1) is 11.3 Å². The number of nitrogen functional groups attached to an aromatic ring is 1. The van der Waals surface area contributed by atoms with E-state index in [1.54, 1.807) is 13.2 Å². The summed E-state index contributed by atoms with van der Waals surface area (Å²) in [6.07, 6.45) is 1.41. The Hall–Kier alpha value is -2.61. The molecule has 0 saturated carbocycles. The molecule has 0 aliphatic carbocycles. The van der Waals surface area contributed by atoms with Crippen LogP contribution < -0.4 is 10.5 Å². The lowest BCUT2D eigenvalue weighted by atomic mass is 10.2. The molecule has 0 radical (unpaired) electrons. The maximum atomic E-state index is 8.73. The Morgan fingerprint density at radius 1 is 1.41 bits per heavy atom. The van der Waals surface area contributed by atoms with Gasteiger partial charge >= 0.3 is 0 Å². The Balaban J connectivity index is 2.46. The van der Waals surface area contributed by atoms with Crippen molar-refractivity contribution in [2.24, 2.45) is 0 Å². The molecule has 17 heavy (non-hydrogen) atoms. The molecular weight excluding hydrogens is 216 g/mol. The van der Waals surface area contributed by atoms with Gasteiger partial charge in [0.25, 0.3) is 0 Å². The highest BCUT2D eigenvalue weighted by Crippen LogP contribution is 2.21. The van der Waals surface area contributed by atoms with Gasteiger partial charge in [-0.05, 0) is 12.1 Å². The van der Waals surface area contributed by atoms with Gasteiger partial charge < -0.3 is 10.5 Å². The molecule has 5 heteroatoms. The molecule has 1 aromatic heterocycles. The van der Waals surface area contributed by atoms with Crippen LogP contribution in [-0.4, -0.2) is 17.1 Å². The number of hydrogen-bond acceptors (Lipinski definition) is 5. The number of nitrogens with zero attached hydrogens (tertiary/aromatic N) is 3. The van der Waals surface area contributed by atoms with Crippen molar-refractivity contribution in [3.63, 3.8) is 0 Å². The third-order valence-electron chi connectivity index (χ3n) is 2.27. The van der Waals surface area contributed by atoms with Crippen molar-refractivity contribution in [2.75, 3.05) is 12.8 Å². The van der Waals surface area contributed by atoms with Gasteiger partial charge in [0.15, 0.2) is 5.82 Å². The monoisotopic (exact) mass is 226 g/mol. The first-order valence-corrected chi connectivity index (χ1v) is 4.91. The Morgan fingerprint density at radius 3 is 2.88 bits per heavy atom. The van der Waals surface area contributed by atoms with E-state index in [4.69, 9.17) is 15.7 Å². The highest BCUT2D eigenvalue weighted by molar-refractivity contribution is 5.60. The second-order valence-electron chi connectivity index (χ2n) is 3.34. The molecule has 0 unspecified atom stereocenters. The molecule has 0 saturated heterocycles. The molecule has 2 N–H and O–H groups in total. The summed E-state index contributed by atoms with van der Waals surface area (Å²) in [6.45, 7) is 0. The second-order valence-corrected chi connectivity index (χ2v) is 3.34. The molecule has 0 aliphatic rings. The summed E-state index contributed by atoms with van der Waals surface area (Å²) in [5.41, 5.74) is 6.70. The molecule has 0 aliphatic heterocycles. The predicted molar refractivity (Wildman–Crippen MR) is 63.1 cm³/mol. The SMILES string of the molecule is COc1cccc(-c2ncc(C#N)c(N)n2)c1. The maximum absolute atomic E-state index is 8.73. The predicted octanol–water partition coefficient (Wildman–Crippen LogP) is 1.61. The van der Waals surface area contributed by atoms with Gasteiger partial charge in [-0.15, -0.1) is 0 Å². The van der Waals surface area contributed by atoms with Gasteiger partial charge in [0.05, 0.1) is 13.3 Å². The third kappa shape index (κ3) is 2.16. The van der Waals surface area contributed by atoms with Crippen molar-refractivity contribution in [3.8, 4) is 23.2 Å². The molecular formula is C12H10N4O. The van der Waals surface area contributed by atoms with Crippen molar-refractivity contribution < 1.29 is 4.74 Å². The van der Waals surface area contributed by atoms with Crippen LogP contribution in [0.5, 0.6) is 5.75 Å². The largest absolute Gasteiger partial charge is 0.497 e. The van der Waals surface area contributed by atoms with Crippen molar-refractivity contribution >= 4 is 5.82 Å². The number of nitrogens with two attached hydrogens (primary N) is 1. The van der Waals surface area contributed by atoms with Crippen LogP contribution >= 0.6 is 0 Å². The second kappa shape index (κ2) is 4.49. The van der Waals surface area contributed by atoms with E-state index in [1.165, 1.54) is 6.20 Å². The van der Waals surface area contributed by atoms with E-state index >= 15 is 0 Å². The smallest absolute Gasteiger partial charge is 0.161 e. The standard InChI is InChI=1S/C12H10N4O/c1-17-10-4-2-3-8(5-10)12-15-7-9(6-13)11(14)16-12/h2-5,7H,1H3,(H2,14,15,16). The molecule has 0 bridgehead atoms. The molecule has 2 rings (SSSR count). The molecule has 0 fully saturated rings. The van der Waals surface area contributed by atoms with Crippen LogP contribution in [0.3, 0.4) is 0 Å². The minimum atomic E-state index is 0.181. The lowest BCUT2D eigenvalue weighted by Gasteiger charge is -2.04. The lowest BCUT2D eigenvalue weighted by molar-refractivity contribution is 0.415. The van der Waals surface area contributed by atoms with Gasteiger partial charge in [-0.25, -0.2) is 9.97 Å². The fraction of sp³-hybridized carbons (Fsp3) is 0.0833. The van der Waals surface area contributed by atoms with Crippen LogP contribution in [0.1, 0.15) is 5.56 Å². The number of anilines is 1. The van der Waals surface area contributed by atoms with Crippen LogP contribution in [0.25, 0.3) is 11.4 Å². The summed E-state index contributed by atoms with van der Waals surface area (Å²) in [7, 11) is 1.59. The number of aromatic nitrogens is 2. The highest BCUT2D eigenvalue weighted by Gasteiger charge is 2.06. The zero-order valence-corrected chi connectivity index (χ0v) is 9.21. The summed E-state index contributed by atoms with van der Waals surface area (Å²) in [4.78, 5) is 8.17. The van der Waals surface area contributed by atoms with Crippen LogP contribution in [0.15, 0.2) is 30.5 Å². The maximum Gasteiger partial charge on any atom is 0.161 e.